The number of hydrogen-bond donors (Lipinski definition) is 0. The zero-order chi connectivity index (χ0) is 21.3. The zero-order valence-electron chi connectivity index (χ0n) is 16.8. The topological polar surface area (TPSA) is 63.7 Å². The summed E-state index contributed by atoms with van der Waals surface area (Å²) in [4.78, 5) is 12.7. The molecule has 2 aromatic rings. The third kappa shape index (κ3) is 6.45. The van der Waals surface area contributed by atoms with Gasteiger partial charge in [-0.25, -0.2) is 0 Å². The van der Waals surface area contributed by atoms with E-state index >= 15 is 0 Å². The number of sulfonamides is 1. The summed E-state index contributed by atoms with van der Waals surface area (Å²) in [6, 6.07) is 15.6. The van der Waals surface area contributed by atoms with E-state index in [0.717, 1.165) is 5.56 Å². The molecule has 0 aliphatic rings. The van der Waals surface area contributed by atoms with E-state index < -0.39 is 22.0 Å². The molecule has 1 atom stereocenters. The van der Waals surface area contributed by atoms with Crippen molar-refractivity contribution in [1.82, 2.24) is 4.31 Å². The number of ether oxygens (including phenoxy) is 1. The molecule has 154 valence electrons. The van der Waals surface area contributed by atoms with Crippen LogP contribution in [-0.2, 0) is 19.6 Å². The first kappa shape index (κ1) is 23.2. The standard InChI is InChI=1S/C22H25NO4SSe/c1-4-5-16-23(28(25,26)19-13-11-18(2)12-14-19)21(22(24)27-3)15-17-29-20-9-7-6-8-10-20/h6-14,21H,15-17H2,1-3H3/t21-/m0/s1. The average molecular weight is 478 g/mol. The summed E-state index contributed by atoms with van der Waals surface area (Å²) in [7, 11) is -2.62. The third-order valence-electron chi connectivity index (χ3n) is 4.26. The van der Waals surface area contributed by atoms with Gasteiger partial charge in [0.15, 0.2) is 0 Å². The van der Waals surface area contributed by atoms with Gasteiger partial charge >= 0.3 is 180 Å². The molecule has 0 heterocycles. The fourth-order valence-electron chi connectivity index (χ4n) is 2.69. The normalized spacial score (nSPS) is 12.1. The van der Waals surface area contributed by atoms with Crippen LogP contribution < -0.4 is 4.46 Å². The Labute approximate surface area is 179 Å². The van der Waals surface area contributed by atoms with Gasteiger partial charge < -0.3 is 0 Å². The van der Waals surface area contributed by atoms with Crippen LogP contribution in [0.25, 0.3) is 0 Å². The predicted molar refractivity (Wildman–Crippen MR) is 116 cm³/mol. The van der Waals surface area contributed by atoms with Crippen LogP contribution >= 0.6 is 0 Å². The van der Waals surface area contributed by atoms with Crippen molar-refractivity contribution in [3.63, 3.8) is 0 Å². The fourth-order valence-corrected chi connectivity index (χ4v) is 6.14. The van der Waals surface area contributed by atoms with Crippen LogP contribution in [0.2, 0.25) is 5.32 Å². The number of rotatable bonds is 9. The van der Waals surface area contributed by atoms with Crippen LogP contribution in [0.4, 0.5) is 0 Å². The van der Waals surface area contributed by atoms with E-state index in [-0.39, 0.29) is 26.4 Å². The predicted octanol–water partition coefficient (Wildman–Crippen LogP) is 2.39. The second-order valence-corrected chi connectivity index (χ2v) is 10.6. The Kier molecular flexibility index (Phi) is 8.94. The number of hydrogen-bond acceptors (Lipinski definition) is 4. The number of nitrogens with zero attached hydrogens (tertiary/aromatic N) is 1. The Balaban J connectivity index is 2.30. The molecule has 5 nitrogen and oxygen atoms in total. The first-order chi connectivity index (χ1) is 13.9. The molecule has 0 radical (unpaired) electrons. The van der Waals surface area contributed by atoms with Crippen LogP contribution in [0.1, 0.15) is 18.9 Å². The summed E-state index contributed by atoms with van der Waals surface area (Å²) in [5.41, 5.74) is 0.957. The molecule has 0 fully saturated rings. The molecule has 0 aromatic heterocycles. The van der Waals surface area contributed by atoms with Crippen molar-refractivity contribution in [3.8, 4) is 11.8 Å². The molecule has 0 aliphatic heterocycles. The summed E-state index contributed by atoms with van der Waals surface area (Å²) in [6.07, 6.45) is 0.373. The van der Waals surface area contributed by atoms with Gasteiger partial charge in [-0.15, -0.1) is 0 Å². The molecule has 7 heteroatoms. The van der Waals surface area contributed by atoms with Crippen molar-refractivity contribution in [2.45, 2.75) is 36.5 Å². The van der Waals surface area contributed by atoms with E-state index in [1.165, 1.54) is 15.9 Å². The average Bonchev–Trinajstić information content (AvgIpc) is 2.73. The van der Waals surface area contributed by atoms with E-state index in [1.54, 1.807) is 31.2 Å². The second-order valence-electron chi connectivity index (χ2n) is 6.28. The molecule has 0 spiro atoms. The molecule has 0 bridgehead atoms. The second kappa shape index (κ2) is 11.2. The van der Waals surface area contributed by atoms with Gasteiger partial charge in [-0.05, 0) is 0 Å². The molecule has 2 aromatic carbocycles. The molecular weight excluding hydrogens is 453 g/mol. The van der Waals surface area contributed by atoms with E-state index in [0.29, 0.717) is 11.7 Å². The van der Waals surface area contributed by atoms with E-state index in [1.807, 2.05) is 37.3 Å². The maximum absolute atomic E-state index is 13.3. The van der Waals surface area contributed by atoms with Gasteiger partial charge in [-0.1, -0.05) is 0 Å². The minimum atomic E-state index is -3.90. The van der Waals surface area contributed by atoms with Crippen molar-refractivity contribution in [1.29, 1.82) is 0 Å². The molecule has 0 N–H and O–H groups in total. The van der Waals surface area contributed by atoms with Crippen LogP contribution in [0.5, 0.6) is 0 Å². The Morgan fingerprint density at radius 2 is 1.79 bits per heavy atom. The van der Waals surface area contributed by atoms with Crippen molar-refractivity contribution in [3.05, 3.63) is 60.2 Å². The van der Waals surface area contributed by atoms with Crippen LogP contribution in [0.3, 0.4) is 0 Å². The van der Waals surface area contributed by atoms with Gasteiger partial charge in [-0.2, -0.15) is 0 Å². The summed E-state index contributed by atoms with van der Waals surface area (Å²) in [5, 5.41) is 0.705. The minimum absolute atomic E-state index is 0.0647. The van der Waals surface area contributed by atoms with Crippen molar-refractivity contribution in [2.75, 3.05) is 13.7 Å². The zero-order valence-corrected chi connectivity index (χ0v) is 19.3. The van der Waals surface area contributed by atoms with Crippen molar-refractivity contribution < 1.29 is 17.9 Å². The Bertz CT molecular complexity index is 963. The Hall–Kier alpha value is -2.10. The number of aryl methyl sites for hydroxylation is 1. The van der Waals surface area contributed by atoms with E-state index in [2.05, 4.69) is 11.8 Å². The monoisotopic (exact) mass is 479 g/mol. The SMILES string of the molecule is CC#CCN([C@@H](CC[Se]c1ccccc1)C(=O)OC)S(=O)(=O)c1ccc(C)cc1. The number of methoxy groups -OCH3 is 1. The van der Waals surface area contributed by atoms with Gasteiger partial charge in [0.25, 0.3) is 0 Å². The molecule has 29 heavy (non-hydrogen) atoms. The van der Waals surface area contributed by atoms with Gasteiger partial charge in [0, 0.05) is 0 Å². The molecular formula is C22H25NO4SSe. The molecule has 0 saturated heterocycles. The summed E-state index contributed by atoms with van der Waals surface area (Å²) < 4.78 is 33.9. The number of carbonyl (C=O) groups is 1. The summed E-state index contributed by atoms with van der Waals surface area (Å²) in [5.74, 6) is 4.95. The molecule has 0 unspecified atom stereocenters. The third-order valence-corrected chi connectivity index (χ3v) is 8.33. The van der Waals surface area contributed by atoms with Crippen LogP contribution in [-0.4, -0.2) is 53.3 Å². The van der Waals surface area contributed by atoms with Gasteiger partial charge in [-0.3, -0.25) is 0 Å². The summed E-state index contributed by atoms with van der Waals surface area (Å²) in [6.45, 7) is 3.47. The van der Waals surface area contributed by atoms with Crippen LogP contribution in [0.15, 0.2) is 59.5 Å². The Morgan fingerprint density at radius 3 is 2.38 bits per heavy atom. The number of carbonyl (C=O) groups excluding carboxylic acids is 1. The molecule has 0 aliphatic carbocycles. The van der Waals surface area contributed by atoms with Crippen LogP contribution in [0, 0.1) is 18.8 Å². The summed E-state index contributed by atoms with van der Waals surface area (Å²) >= 11 is 0.128. The molecule has 2 rings (SSSR count). The van der Waals surface area contributed by atoms with Gasteiger partial charge in [0.2, 0.25) is 0 Å². The van der Waals surface area contributed by atoms with E-state index in [9.17, 15) is 13.2 Å². The first-order valence-corrected chi connectivity index (χ1v) is 12.6. The molecule has 0 saturated carbocycles. The van der Waals surface area contributed by atoms with E-state index in [4.69, 9.17) is 4.74 Å². The Morgan fingerprint density at radius 1 is 1.14 bits per heavy atom. The number of benzene rings is 2. The fraction of sp³-hybridized carbons (Fsp3) is 0.318. The van der Waals surface area contributed by atoms with Crippen molar-refractivity contribution >= 4 is 35.4 Å². The maximum atomic E-state index is 13.3. The van der Waals surface area contributed by atoms with Crippen molar-refractivity contribution in [2.24, 2.45) is 0 Å². The molecule has 0 amide bonds. The number of esters is 1. The quantitative estimate of drug-likeness (QED) is 0.316. The first-order valence-electron chi connectivity index (χ1n) is 9.14. The van der Waals surface area contributed by atoms with Gasteiger partial charge in [0.05, 0.1) is 0 Å². The van der Waals surface area contributed by atoms with Gasteiger partial charge in [0.1, 0.15) is 0 Å².